The predicted octanol–water partition coefficient (Wildman–Crippen LogP) is 1.64. The molecule has 0 radical (unpaired) electrons. The van der Waals surface area contributed by atoms with Gasteiger partial charge in [-0.1, -0.05) is 18.2 Å². The first-order valence-corrected chi connectivity index (χ1v) is 6.26. The van der Waals surface area contributed by atoms with Crippen molar-refractivity contribution in [3.63, 3.8) is 0 Å². The molecule has 2 heterocycles. The van der Waals surface area contributed by atoms with Gasteiger partial charge in [-0.3, -0.25) is 14.3 Å². The van der Waals surface area contributed by atoms with Gasteiger partial charge in [0.15, 0.2) is 5.82 Å². The fourth-order valence-electron chi connectivity index (χ4n) is 2.48. The minimum Gasteiger partial charge on any atom is -0.298 e. The Kier molecular flexibility index (Phi) is 2.75. The van der Waals surface area contributed by atoms with Crippen LogP contribution in [0.25, 0.3) is 17.1 Å². The monoisotopic (exact) mass is 267 g/mol. The van der Waals surface area contributed by atoms with E-state index in [-0.39, 0.29) is 0 Å². The van der Waals surface area contributed by atoms with Crippen LogP contribution in [0, 0.1) is 13.8 Å². The molecule has 0 bridgehead atoms. The van der Waals surface area contributed by atoms with Gasteiger partial charge in [-0.2, -0.15) is 4.98 Å². The Hall–Kier alpha value is -2.69. The van der Waals surface area contributed by atoms with E-state index in [1.54, 1.807) is 0 Å². The smallest absolute Gasteiger partial charge is 0.298 e. The Labute approximate surface area is 114 Å². The van der Waals surface area contributed by atoms with Gasteiger partial charge in [0, 0.05) is 11.4 Å². The molecular weight excluding hydrogens is 254 g/mol. The lowest BCUT2D eigenvalue weighted by Gasteiger charge is -2.18. The highest BCUT2D eigenvalue weighted by Crippen LogP contribution is 2.24. The van der Waals surface area contributed by atoms with Gasteiger partial charge in [0.05, 0.1) is 5.56 Å². The third-order valence-electron chi connectivity index (χ3n) is 3.28. The molecule has 3 rings (SSSR count). The lowest BCUT2D eigenvalue weighted by atomic mass is 10.1. The molecule has 0 aromatic heterocycles. The van der Waals surface area contributed by atoms with Crippen LogP contribution in [0.3, 0.4) is 0 Å². The lowest BCUT2D eigenvalue weighted by molar-refractivity contribution is 0.898. The van der Waals surface area contributed by atoms with Crippen molar-refractivity contribution in [3.05, 3.63) is 68.5 Å². The second-order valence-electron chi connectivity index (χ2n) is 4.71. The molecule has 0 saturated heterocycles. The Bertz CT molecular complexity index is 863. The van der Waals surface area contributed by atoms with Crippen molar-refractivity contribution in [1.82, 2.24) is 14.5 Å². The van der Waals surface area contributed by atoms with Crippen molar-refractivity contribution in [2.45, 2.75) is 13.8 Å². The number of nitrogens with zero attached hydrogens (tertiary/aromatic N) is 2. The summed E-state index contributed by atoms with van der Waals surface area (Å²) in [6.45, 7) is 3.76. The third-order valence-corrected chi connectivity index (χ3v) is 3.28. The lowest BCUT2D eigenvalue weighted by Crippen LogP contribution is -2.28. The van der Waals surface area contributed by atoms with Crippen LogP contribution in [-0.2, 0) is 0 Å². The van der Waals surface area contributed by atoms with Crippen LogP contribution in [0.1, 0.15) is 11.3 Å². The SMILES string of the molecule is Cc1cc(C)n(-c2ccccc2)c2nc(=O)[nH]c(=O)c1-2. The molecular formula is C15H13N3O2. The van der Waals surface area contributed by atoms with E-state index in [0.717, 1.165) is 16.9 Å². The molecule has 0 atom stereocenters. The fourth-order valence-corrected chi connectivity index (χ4v) is 2.48. The molecule has 0 saturated carbocycles. The number of H-pyrrole nitrogens is 1. The standard InChI is InChI=1S/C15H13N3O2/c1-9-8-10(2)18(11-6-4-3-5-7-11)13-12(9)14(19)17-15(20)16-13/h3-8H,1-2H3,(H,17,19,20). The molecule has 0 aliphatic carbocycles. The van der Waals surface area contributed by atoms with Gasteiger partial charge in [-0.15, -0.1) is 0 Å². The zero-order chi connectivity index (χ0) is 14.3. The maximum absolute atomic E-state index is 12.0. The normalized spacial score (nSPS) is 10.9. The zero-order valence-corrected chi connectivity index (χ0v) is 11.2. The Balaban J connectivity index is 2.50. The van der Waals surface area contributed by atoms with Gasteiger partial charge in [0.1, 0.15) is 0 Å². The molecule has 0 unspecified atom stereocenters. The summed E-state index contributed by atoms with van der Waals surface area (Å²) in [6, 6.07) is 11.5. The third kappa shape index (κ3) is 1.84. The topological polar surface area (TPSA) is 67.8 Å². The Morgan fingerprint density at radius 3 is 2.50 bits per heavy atom. The van der Waals surface area contributed by atoms with Crippen molar-refractivity contribution in [2.75, 3.05) is 0 Å². The molecule has 0 spiro atoms. The van der Waals surface area contributed by atoms with E-state index in [4.69, 9.17) is 0 Å². The summed E-state index contributed by atoms with van der Waals surface area (Å²) < 4.78 is 1.82. The first kappa shape index (κ1) is 12.3. The summed E-state index contributed by atoms with van der Waals surface area (Å²) in [5.41, 5.74) is 2.00. The van der Waals surface area contributed by atoms with Gasteiger partial charge in [0.2, 0.25) is 0 Å². The molecule has 1 N–H and O–H groups in total. The number of rotatable bonds is 1. The fraction of sp³-hybridized carbons (Fsp3) is 0.133. The summed E-state index contributed by atoms with van der Waals surface area (Å²) in [6.07, 6.45) is 0. The van der Waals surface area contributed by atoms with Crippen molar-refractivity contribution < 1.29 is 0 Å². The number of aryl methyl sites for hydroxylation is 2. The summed E-state index contributed by atoms with van der Waals surface area (Å²) in [4.78, 5) is 29.7. The first-order valence-electron chi connectivity index (χ1n) is 6.26. The second kappa shape index (κ2) is 4.45. The predicted molar refractivity (Wildman–Crippen MR) is 76.6 cm³/mol. The molecule has 100 valence electrons. The number of benzene rings is 1. The summed E-state index contributed by atoms with van der Waals surface area (Å²) >= 11 is 0. The molecule has 1 aromatic rings. The van der Waals surface area contributed by atoms with E-state index in [1.807, 2.05) is 54.8 Å². The van der Waals surface area contributed by atoms with Crippen molar-refractivity contribution in [1.29, 1.82) is 0 Å². The minimum absolute atomic E-state index is 0.391. The maximum atomic E-state index is 12.0. The van der Waals surface area contributed by atoms with Crippen LogP contribution in [0.5, 0.6) is 0 Å². The average molecular weight is 267 g/mol. The van der Waals surface area contributed by atoms with Crippen LogP contribution in [0.2, 0.25) is 0 Å². The number of hydrogen-bond donors (Lipinski definition) is 1. The van der Waals surface area contributed by atoms with Crippen LogP contribution < -0.4 is 11.2 Å². The highest BCUT2D eigenvalue weighted by molar-refractivity contribution is 5.63. The molecule has 0 amide bonds. The summed E-state index contributed by atoms with van der Waals surface area (Å²) in [5, 5.41) is 0. The van der Waals surface area contributed by atoms with E-state index in [9.17, 15) is 9.59 Å². The van der Waals surface area contributed by atoms with Crippen LogP contribution >= 0.6 is 0 Å². The number of pyridine rings is 1. The average Bonchev–Trinajstić information content (AvgIpc) is 2.38. The maximum Gasteiger partial charge on any atom is 0.349 e. The zero-order valence-electron chi connectivity index (χ0n) is 11.2. The number of fused-ring (bicyclic) bond motifs is 1. The molecule has 1 aromatic carbocycles. The molecule has 2 aliphatic rings. The minimum atomic E-state index is -0.628. The number of hydrogen-bond acceptors (Lipinski definition) is 3. The molecule has 2 aliphatic heterocycles. The molecule has 5 nitrogen and oxygen atoms in total. The van der Waals surface area contributed by atoms with E-state index in [0.29, 0.717) is 11.4 Å². The van der Waals surface area contributed by atoms with E-state index in [2.05, 4.69) is 9.97 Å². The quantitative estimate of drug-likeness (QED) is 0.728. The number of para-hydroxylation sites is 1. The van der Waals surface area contributed by atoms with Gasteiger partial charge in [0.25, 0.3) is 5.56 Å². The molecule has 0 fully saturated rings. The summed E-state index contributed by atoms with van der Waals surface area (Å²) in [7, 11) is 0. The van der Waals surface area contributed by atoms with Gasteiger partial charge in [-0.25, -0.2) is 4.79 Å². The van der Waals surface area contributed by atoms with Gasteiger partial charge < -0.3 is 0 Å². The number of nitrogens with one attached hydrogen (secondary N) is 1. The second-order valence-corrected chi connectivity index (χ2v) is 4.71. The highest BCUT2D eigenvalue weighted by atomic mass is 16.2. The van der Waals surface area contributed by atoms with Crippen molar-refractivity contribution in [2.24, 2.45) is 0 Å². The first-order chi connectivity index (χ1) is 9.58. The van der Waals surface area contributed by atoms with Gasteiger partial charge >= 0.3 is 5.69 Å². The van der Waals surface area contributed by atoms with Crippen LogP contribution in [0.4, 0.5) is 0 Å². The van der Waals surface area contributed by atoms with Crippen LogP contribution in [0.15, 0.2) is 46.0 Å². The van der Waals surface area contributed by atoms with Crippen LogP contribution in [-0.4, -0.2) is 14.5 Å². The Morgan fingerprint density at radius 1 is 1.10 bits per heavy atom. The summed E-state index contributed by atoms with van der Waals surface area (Å²) in [5.74, 6) is 0.391. The van der Waals surface area contributed by atoms with Gasteiger partial charge in [-0.05, 0) is 37.6 Å². The highest BCUT2D eigenvalue weighted by Gasteiger charge is 2.18. The largest absolute Gasteiger partial charge is 0.349 e. The van der Waals surface area contributed by atoms with Crippen molar-refractivity contribution >= 4 is 0 Å². The Morgan fingerprint density at radius 2 is 1.80 bits per heavy atom. The van der Waals surface area contributed by atoms with Crippen molar-refractivity contribution in [3.8, 4) is 17.1 Å². The number of aromatic amines is 1. The van der Waals surface area contributed by atoms with E-state index in [1.165, 1.54) is 0 Å². The molecule has 5 heteroatoms. The van der Waals surface area contributed by atoms with E-state index >= 15 is 0 Å². The van der Waals surface area contributed by atoms with E-state index < -0.39 is 11.2 Å². The molecule has 20 heavy (non-hydrogen) atoms. The number of aromatic nitrogens is 3.